The first kappa shape index (κ1) is 12.8. The summed E-state index contributed by atoms with van der Waals surface area (Å²) >= 11 is 5.80. The Balaban J connectivity index is 2.37. The lowest BCUT2D eigenvalue weighted by molar-refractivity contribution is 0.459. The van der Waals surface area contributed by atoms with Crippen molar-refractivity contribution in [2.24, 2.45) is 5.73 Å². The van der Waals surface area contributed by atoms with Crippen molar-refractivity contribution in [1.29, 1.82) is 0 Å². The maximum atomic E-state index is 13.7. The Morgan fingerprint density at radius 2 is 2.17 bits per heavy atom. The zero-order valence-corrected chi connectivity index (χ0v) is 10.5. The minimum absolute atomic E-state index is 0.331. The topological polar surface area (TPSA) is 48.1 Å². The van der Waals surface area contributed by atoms with E-state index < -0.39 is 11.9 Å². The number of aromatic nitrogens is 1. The molecule has 0 bridgehead atoms. The van der Waals surface area contributed by atoms with Crippen LogP contribution in [-0.2, 0) is 0 Å². The first-order valence-electron chi connectivity index (χ1n) is 5.40. The molecule has 2 rings (SSSR count). The van der Waals surface area contributed by atoms with Gasteiger partial charge in [0.05, 0.1) is 11.2 Å². The number of hydrogen-bond donors (Lipinski definition) is 1. The van der Waals surface area contributed by atoms with E-state index in [1.807, 2.05) is 0 Å². The number of pyridine rings is 1. The molecule has 1 atom stereocenters. The molecule has 94 valence electrons. The van der Waals surface area contributed by atoms with Crippen molar-refractivity contribution in [2.45, 2.75) is 13.0 Å². The Morgan fingerprint density at radius 3 is 2.83 bits per heavy atom. The first-order chi connectivity index (χ1) is 8.58. The first-order valence-corrected chi connectivity index (χ1v) is 5.78. The average molecular weight is 267 g/mol. The zero-order chi connectivity index (χ0) is 13.1. The summed E-state index contributed by atoms with van der Waals surface area (Å²) < 4.78 is 19.2. The summed E-state index contributed by atoms with van der Waals surface area (Å²) in [5.74, 6) is 0.418. The molecule has 0 saturated carbocycles. The summed E-state index contributed by atoms with van der Waals surface area (Å²) in [5, 5.41) is 0.450. The molecule has 1 aromatic carbocycles. The van der Waals surface area contributed by atoms with Crippen LogP contribution in [0.2, 0.25) is 5.02 Å². The Labute approximate surface area is 109 Å². The predicted octanol–water partition coefficient (Wildman–Crippen LogP) is 3.69. The number of nitrogens with zero attached hydrogens (tertiary/aromatic N) is 1. The van der Waals surface area contributed by atoms with Crippen molar-refractivity contribution in [3.05, 3.63) is 53.1 Å². The number of ether oxygens (including phenoxy) is 1. The van der Waals surface area contributed by atoms with Gasteiger partial charge in [-0.3, -0.25) is 4.98 Å². The normalized spacial score (nSPS) is 12.2. The lowest BCUT2D eigenvalue weighted by Gasteiger charge is -2.14. The molecule has 0 spiro atoms. The van der Waals surface area contributed by atoms with Gasteiger partial charge in [0, 0.05) is 23.9 Å². The summed E-state index contributed by atoms with van der Waals surface area (Å²) in [6.07, 6.45) is 2.99. The number of benzene rings is 1. The summed E-state index contributed by atoms with van der Waals surface area (Å²) in [5.41, 5.74) is 6.07. The Bertz CT molecular complexity index is 560. The smallest absolute Gasteiger partial charge is 0.147 e. The van der Waals surface area contributed by atoms with Gasteiger partial charge in [-0.05, 0) is 19.1 Å². The van der Waals surface area contributed by atoms with Crippen molar-refractivity contribution < 1.29 is 9.13 Å². The molecular formula is C13H12ClFN2O. The Hall–Kier alpha value is -1.65. The molecule has 2 aromatic rings. The van der Waals surface area contributed by atoms with Crippen molar-refractivity contribution in [1.82, 2.24) is 4.98 Å². The predicted molar refractivity (Wildman–Crippen MR) is 68.3 cm³/mol. The van der Waals surface area contributed by atoms with Crippen molar-refractivity contribution in [3.8, 4) is 11.5 Å². The van der Waals surface area contributed by atoms with Gasteiger partial charge in [0.25, 0.3) is 0 Å². The highest BCUT2D eigenvalue weighted by Crippen LogP contribution is 2.31. The molecule has 0 saturated heterocycles. The second-order valence-electron chi connectivity index (χ2n) is 3.88. The molecule has 0 unspecified atom stereocenters. The van der Waals surface area contributed by atoms with E-state index in [0.717, 1.165) is 0 Å². The van der Waals surface area contributed by atoms with Gasteiger partial charge in [-0.1, -0.05) is 17.7 Å². The highest BCUT2D eigenvalue weighted by atomic mass is 35.5. The molecule has 2 N–H and O–H groups in total. The van der Waals surface area contributed by atoms with Gasteiger partial charge in [-0.2, -0.15) is 0 Å². The van der Waals surface area contributed by atoms with E-state index in [1.54, 1.807) is 25.1 Å². The minimum atomic E-state index is -0.464. The van der Waals surface area contributed by atoms with Gasteiger partial charge in [0.1, 0.15) is 17.3 Å². The second kappa shape index (κ2) is 5.33. The minimum Gasteiger partial charge on any atom is -0.455 e. The quantitative estimate of drug-likeness (QED) is 0.922. The largest absolute Gasteiger partial charge is 0.455 e. The van der Waals surface area contributed by atoms with Crippen LogP contribution >= 0.6 is 11.6 Å². The van der Waals surface area contributed by atoms with Crippen LogP contribution < -0.4 is 10.5 Å². The molecule has 18 heavy (non-hydrogen) atoms. The zero-order valence-electron chi connectivity index (χ0n) is 9.73. The molecule has 0 aliphatic heterocycles. The molecular weight excluding hydrogens is 255 g/mol. The molecule has 1 aromatic heterocycles. The van der Waals surface area contributed by atoms with Gasteiger partial charge in [0.2, 0.25) is 0 Å². The van der Waals surface area contributed by atoms with E-state index in [9.17, 15) is 4.39 Å². The monoisotopic (exact) mass is 266 g/mol. The molecule has 0 aliphatic rings. The molecule has 0 fully saturated rings. The maximum Gasteiger partial charge on any atom is 0.147 e. The van der Waals surface area contributed by atoms with Crippen LogP contribution in [0.1, 0.15) is 18.5 Å². The summed E-state index contributed by atoms with van der Waals surface area (Å²) in [4.78, 5) is 3.90. The standard InChI is InChI=1S/C13H12ClFN2O/c1-8(16)13-11(15)3-2-4-12(13)18-10-5-9(14)6-17-7-10/h2-8H,16H2,1H3/t8-/m1/s1. The molecule has 1 heterocycles. The van der Waals surface area contributed by atoms with Gasteiger partial charge >= 0.3 is 0 Å². The summed E-state index contributed by atoms with van der Waals surface area (Å²) in [7, 11) is 0. The van der Waals surface area contributed by atoms with E-state index in [1.165, 1.54) is 18.5 Å². The number of halogens is 2. The Morgan fingerprint density at radius 1 is 1.39 bits per heavy atom. The third-order valence-corrected chi connectivity index (χ3v) is 2.58. The van der Waals surface area contributed by atoms with E-state index >= 15 is 0 Å². The fraction of sp³-hybridized carbons (Fsp3) is 0.154. The molecule has 0 radical (unpaired) electrons. The molecule has 5 heteroatoms. The number of nitrogens with two attached hydrogens (primary N) is 1. The third kappa shape index (κ3) is 2.78. The summed E-state index contributed by atoms with van der Waals surface area (Å²) in [6.45, 7) is 1.70. The van der Waals surface area contributed by atoms with E-state index in [0.29, 0.717) is 22.1 Å². The number of rotatable bonds is 3. The van der Waals surface area contributed by atoms with Crippen LogP contribution in [0.25, 0.3) is 0 Å². The molecule has 3 nitrogen and oxygen atoms in total. The number of hydrogen-bond acceptors (Lipinski definition) is 3. The lowest BCUT2D eigenvalue weighted by Crippen LogP contribution is -2.09. The van der Waals surface area contributed by atoms with Crippen LogP contribution in [0.15, 0.2) is 36.7 Å². The van der Waals surface area contributed by atoms with E-state index in [4.69, 9.17) is 22.1 Å². The Kier molecular flexibility index (Phi) is 3.79. The summed E-state index contributed by atoms with van der Waals surface area (Å²) in [6, 6.07) is 5.71. The fourth-order valence-corrected chi connectivity index (χ4v) is 1.79. The van der Waals surface area contributed by atoms with Crippen molar-refractivity contribution in [3.63, 3.8) is 0 Å². The average Bonchev–Trinajstić information content (AvgIpc) is 2.28. The van der Waals surface area contributed by atoms with Crippen molar-refractivity contribution in [2.75, 3.05) is 0 Å². The SMILES string of the molecule is C[C@@H](N)c1c(F)cccc1Oc1cncc(Cl)c1. The van der Waals surface area contributed by atoms with Crippen LogP contribution in [0.4, 0.5) is 4.39 Å². The third-order valence-electron chi connectivity index (χ3n) is 2.38. The highest BCUT2D eigenvalue weighted by Gasteiger charge is 2.14. The second-order valence-corrected chi connectivity index (χ2v) is 4.32. The van der Waals surface area contributed by atoms with Crippen LogP contribution in [0.3, 0.4) is 0 Å². The van der Waals surface area contributed by atoms with Gasteiger partial charge < -0.3 is 10.5 Å². The van der Waals surface area contributed by atoms with Crippen LogP contribution in [-0.4, -0.2) is 4.98 Å². The lowest BCUT2D eigenvalue weighted by atomic mass is 10.1. The molecule has 0 aliphatic carbocycles. The van der Waals surface area contributed by atoms with E-state index in [-0.39, 0.29) is 0 Å². The van der Waals surface area contributed by atoms with Gasteiger partial charge in [-0.15, -0.1) is 0 Å². The molecule has 0 amide bonds. The fourth-order valence-electron chi connectivity index (χ4n) is 1.62. The van der Waals surface area contributed by atoms with Gasteiger partial charge in [-0.25, -0.2) is 4.39 Å². The van der Waals surface area contributed by atoms with Gasteiger partial charge in [0.15, 0.2) is 0 Å². The van der Waals surface area contributed by atoms with Crippen LogP contribution in [0, 0.1) is 5.82 Å². The highest BCUT2D eigenvalue weighted by molar-refractivity contribution is 6.30. The maximum absolute atomic E-state index is 13.7. The van der Waals surface area contributed by atoms with E-state index in [2.05, 4.69) is 4.98 Å². The van der Waals surface area contributed by atoms with Crippen LogP contribution in [0.5, 0.6) is 11.5 Å². The van der Waals surface area contributed by atoms with Crippen molar-refractivity contribution >= 4 is 11.6 Å².